The smallest absolute Gasteiger partial charge is 0.310 e. The molecule has 2 heterocycles. The monoisotopic (exact) mass is 201 g/mol. The van der Waals surface area contributed by atoms with E-state index in [1.54, 1.807) is 12.4 Å². The number of H-pyrrole nitrogens is 1. The quantitative estimate of drug-likeness (QED) is 0.759. The lowest BCUT2D eigenvalue weighted by molar-refractivity contribution is 1.03. The minimum Gasteiger partial charge on any atom is -0.310 e. The molecule has 0 aliphatic carbocycles. The molecule has 0 aliphatic heterocycles. The summed E-state index contributed by atoms with van der Waals surface area (Å²) >= 11 is 0. The molecule has 1 N–H and O–H groups in total. The molecule has 0 aromatic carbocycles. The summed E-state index contributed by atoms with van der Waals surface area (Å²) in [4.78, 5) is 21.8. The Balaban J connectivity index is 2.64. The molecule has 2 aromatic heterocycles. The Hall–Kier alpha value is -1.97. The van der Waals surface area contributed by atoms with E-state index >= 15 is 0 Å². The second kappa shape index (κ2) is 3.65. The largest absolute Gasteiger partial charge is 0.345 e. The number of aromatic amines is 1. The lowest BCUT2D eigenvalue weighted by Gasteiger charge is -2.03. The first-order chi connectivity index (χ1) is 7.16. The topological polar surface area (TPSA) is 58.6 Å². The van der Waals surface area contributed by atoms with Gasteiger partial charge in [0.15, 0.2) is 0 Å². The van der Waals surface area contributed by atoms with Gasteiger partial charge in [0.1, 0.15) is 0 Å². The Morgan fingerprint density at radius 3 is 2.80 bits per heavy atom. The summed E-state index contributed by atoms with van der Waals surface area (Å²) in [5.74, 6) is 0. The number of nitrogens with one attached hydrogen (secondary N) is 1. The molecular formula is C11H11N3O. The maximum atomic E-state index is 11.2. The van der Waals surface area contributed by atoms with E-state index in [-0.39, 0.29) is 5.69 Å². The highest BCUT2D eigenvalue weighted by Crippen LogP contribution is 2.18. The third kappa shape index (κ3) is 1.93. The third-order valence-electron chi connectivity index (χ3n) is 2.18. The fourth-order valence-corrected chi connectivity index (χ4v) is 1.48. The number of pyridine rings is 1. The number of nitrogens with zero attached hydrogens (tertiary/aromatic N) is 2. The molecule has 2 aromatic rings. The zero-order valence-electron chi connectivity index (χ0n) is 8.61. The molecule has 0 amide bonds. The van der Waals surface area contributed by atoms with Crippen LogP contribution >= 0.6 is 0 Å². The molecule has 0 bridgehead atoms. The summed E-state index contributed by atoms with van der Waals surface area (Å²) in [6, 6.07) is 3.71. The van der Waals surface area contributed by atoms with E-state index in [1.807, 2.05) is 26.0 Å². The van der Waals surface area contributed by atoms with Gasteiger partial charge in [0, 0.05) is 23.7 Å². The average molecular weight is 201 g/mol. The van der Waals surface area contributed by atoms with Crippen LogP contribution in [-0.2, 0) is 0 Å². The molecule has 0 atom stereocenters. The van der Waals surface area contributed by atoms with Gasteiger partial charge in [0.25, 0.3) is 0 Å². The highest BCUT2D eigenvalue weighted by molar-refractivity contribution is 5.62. The van der Waals surface area contributed by atoms with Crippen molar-refractivity contribution in [2.75, 3.05) is 0 Å². The minimum absolute atomic E-state index is 0.318. The van der Waals surface area contributed by atoms with E-state index in [4.69, 9.17) is 0 Å². The van der Waals surface area contributed by atoms with Gasteiger partial charge >= 0.3 is 5.69 Å². The van der Waals surface area contributed by atoms with Crippen molar-refractivity contribution < 1.29 is 0 Å². The minimum atomic E-state index is -0.318. The molecule has 0 saturated heterocycles. The van der Waals surface area contributed by atoms with Gasteiger partial charge in [-0.25, -0.2) is 4.79 Å². The van der Waals surface area contributed by atoms with Crippen LogP contribution in [0.2, 0.25) is 0 Å². The van der Waals surface area contributed by atoms with Crippen LogP contribution in [0.25, 0.3) is 11.3 Å². The van der Waals surface area contributed by atoms with E-state index in [0.717, 1.165) is 16.8 Å². The zero-order valence-corrected chi connectivity index (χ0v) is 8.61. The van der Waals surface area contributed by atoms with E-state index in [1.165, 1.54) is 0 Å². The molecule has 76 valence electrons. The third-order valence-corrected chi connectivity index (χ3v) is 2.18. The van der Waals surface area contributed by atoms with Crippen LogP contribution in [0.5, 0.6) is 0 Å². The Kier molecular flexibility index (Phi) is 2.33. The Labute approximate surface area is 87.0 Å². The summed E-state index contributed by atoms with van der Waals surface area (Å²) in [6.45, 7) is 3.78. The molecule has 2 rings (SSSR count). The molecule has 0 saturated carbocycles. The SMILES string of the molecule is Cc1cc(-c2ccncc2C)nc(=O)[nH]1. The maximum absolute atomic E-state index is 11.2. The molecular weight excluding hydrogens is 190 g/mol. The van der Waals surface area contributed by atoms with Gasteiger partial charge < -0.3 is 4.98 Å². The molecule has 15 heavy (non-hydrogen) atoms. The number of rotatable bonds is 1. The highest BCUT2D eigenvalue weighted by Gasteiger charge is 2.04. The van der Waals surface area contributed by atoms with Crippen molar-refractivity contribution >= 4 is 0 Å². The van der Waals surface area contributed by atoms with Crippen LogP contribution < -0.4 is 5.69 Å². The van der Waals surface area contributed by atoms with Gasteiger partial charge in [-0.15, -0.1) is 0 Å². The lowest BCUT2D eigenvalue weighted by Crippen LogP contribution is -2.12. The van der Waals surface area contributed by atoms with E-state index in [2.05, 4.69) is 15.0 Å². The maximum Gasteiger partial charge on any atom is 0.345 e. The van der Waals surface area contributed by atoms with Crippen LogP contribution in [0.3, 0.4) is 0 Å². The van der Waals surface area contributed by atoms with E-state index in [9.17, 15) is 4.79 Å². The predicted octanol–water partition coefficient (Wildman–Crippen LogP) is 1.45. The van der Waals surface area contributed by atoms with Crippen molar-refractivity contribution in [3.05, 3.63) is 46.3 Å². The first-order valence-electron chi connectivity index (χ1n) is 4.66. The second-order valence-corrected chi connectivity index (χ2v) is 3.45. The Morgan fingerprint density at radius 2 is 2.13 bits per heavy atom. The van der Waals surface area contributed by atoms with Crippen molar-refractivity contribution in [2.24, 2.45) is 0 Å². The Morgan fingerprint density at radius 1 is 1.33 bits per heavy atom. The van der Waals surface area contributed by atoms with Gasteiger partial charge in [0.2, 0.25) is 0 Å². The molecule has 0 aliphatic rings. The summed E-state index contributed by atoms with van der Waals surface area (Å²) in [5, 5.41) is 0. The van der Waals surface area contributed by atoms with Gasteiger partial charge in [-0.3, -0.25) is 4.98 Å². The van der Waals surface area contributed by atoms with Gasteiger partial charge in [0.05, 0.1) is 5.69 Å². The molecule has 4 nitrogen and oxygen atoms in total. The highest BCUT2D eigenvalue weighted by atomic mass is 16.1. The molecule has 4 heteroatoms. The number of hydrogen-bond donors (Lipinski definition) is 1. The van der Waals surface area contributed by atoms with E-state index in [0.29, 0.717) is 5.69 Å². The molecule has 0 fully saturated rings. The lowest BCUT2D eigenvalue weighted by atomic mass is 10.1. The van der Waals surface area contributed by atoms with Crippen molar-refractivity contribution in [3.63, 3.8) is 0 Å². The van der Waals surface area contributed by atoms with Crippen LogP contribution in [-0.4, -0.2) is 15.0 Å². The molecule has 0 unspecified atom stereocenters. The van der Waals surface area contributed by atoms with Crippen LogP contribution in [0.15, 0.2) is 29.3 Å². The second-order valence-electron chi connectivity index (χ2n) is 3.45. The summed E-state index contributed by atoms with van der Waals surface area (Å²) in [7, 11) is 0. The fraction of sp³-hybridized carbons (Fsp3) is 0.182. The molecule has 0 radical (unpaired) electrons. The normalized spacial score (nSPS) is 10.3. The van der Waals surface area contributed by atoms with Crippen molar-refractivity contribution in [1.29, 1.82) is 0 Å². The first-order valence-corrected chi connectivity index (χ1v) is 4.66. The zero-order chi connectivity index (χ0) is 10.8. The van der Waals surface area contributed by atoms with Crippen LogP contribution in [0, 0.1) is 13.8 Å². The standard InChI is InChI=1S/C11H11N3O/c1-7-6-12-4-3-9(7)10-5-8(2)13-11(15)14-10/h3-6H,1-2H3,(H,13,14,15). The van der Waals surface area contributed by atoms with Crippen LogP contribution in [0.1, 0.15) is 11.3 Å². The van der Waals surface area contributed by atoms with Crippen molar-refractivity contribution in [2.45, 2.75) is 13.8 Å². The predicted molar refractivity (Wildman–Crippen MR) is 57.6 cm³/mol. The average Bonchev–Trinajstić information content (AvgIpc) is 2.16. The van der Waals surface area contributed by atoms with Gasteiger partial charge in [-0.1, -0.05) is 0 Å². The fourth-order valence-electron chi connectivity index (χ4n) is 1.48. The Bertz CT molecular complexity index is 546. The van der Waals surface area contributed by atoms with Crippen LogP contribution in [0.4, 0.5) is 0 Å². The summed E-state index contributed by atoms with van der Waals surface area (Å²) in [6.07, 6.45) is 3.45. The van der Waals surface area contributed by atoms with Crippen molar-refractivity contribution in [3.8, 4) is 11.3 Å². The van der Waals surface area contributed by atoms with Gasteiger partial charge in [-0.2, -0.15) is 4.98 Å². The first kappa shape index (κ1) is 9.58. The molecule has 0 spiro atoms. The summed E-state index contributed by atoms with van der Waals surface area (Å²) in [5.41, 5.74) is 3.13. The number of aryl methyl sites for hydroxylation is 2. The van der Waals surface area contributed by atoms with Gasteiger partial charge in [-0.05, 0) is 31.5 Å². The van der Waals surface area contributed by atoms with Crippen molar-refractivity contribution in [1.82, 2.24) is 15.0 Å². The number of aromatic nitrogens is 3. The summed E-state index contributed by atoms with van der Waals surface area (Å²) < 4.78 is 0. The van der Waals surface area contributed by atoms with E-state index < -0.39 is 0 Å². The number of hydrogen-bond acceptors (Lipinski definition) is 3.